The molecule has 0 aliphatic heterocycles. The Bertz CT molecular complexity index is 1140. The van der Waals surface area contributed by atoms with Gasteiger partial charge in [0.15, 0.2) is 0 Å². The largest absolute Gasteiger partial charge is 0.497 e. The van der Waals surface area contributed by atoms with E-state index in [0.29, 0.717) is 18.0 Å². The van der Waals surface area contributed by atoms with Crippen LogP contribution in [-0.4, -0.2) is 71.8 Å². The van der Waals surface area contributed by atoms with Gasteiger partial charge < -0.3 is 24.4 Å². The van der Waals surface area contributed by atoms with E-state index in [9.17, 15) is 18.0 Å². The normalized spacial score (nSPS) is 11.8. The van der Waals surface area contributed by atoms with Crippen molar-refractivity contribution in [2.75, 3.05) is 45.0 Å². The number of methoxy groups -OCH3 is 3. The molecule has 2 aromatic rings. The Morgan fingerprint density at radius 1 is 1.00 bits per heavy atom. The molecule has 2 amide bonds. The van der Waals surface area contributed by atoms with E-state index in [1.54, 1.807) is 44.2 Å². The topological polar surface area (TPSA) is 114 Å². The summed E-state index contributed by atoms with van der Waals surface area (Å²) in [6, 6.07) is 10.9. The van der Waals surface area contributed by atoms with Crippen molar-refractivity contribution in [2.45, 2.75) is 26.4 Å². The molecule has 0 saturated carbocycles. The number of carbonyl (C=O) groups excluding carboxylic acids is 2. The Labute approximate surface area is 206 Å². The highest BCUT2D eigenvalue weighted by Gasteiger charge is 2.31. The number of ether oxygens (including phenoxy) is 3. The lowest BCUT2D eigenvalue weighted by Gasteiger charge is -2.31. The van der Waals surface area contributed by atoms with Gasteiger partial charge >= 0.3 is 0 Å². The monoisotopic (exact) mass is 507 g/mol. The molecule has 0 heterocycles. The first-order valence-electron chi connectivity index (χ1n) is 11.0. The number of anilines is 1. The third kappa shape index (κ3) is 7.25. The lowest BCUT2D eigenvalue weighted by molar-refractivity contribution is -0.139. The SMILES string of the molecule is CCNC(=O)[C@@H](C)N(Cc1cccc(OC)c1)C(=O)CN(c1ccc(OC)cc1OC)S(C)(=O)=O. The number of hydrogen-bond donors (Lipinski definition) is 1. The number of amides is 2. The van der Waals surface area contributed by atoms with Crippen molar-refractivity contribution >= 4 is 27.5 Å². The van der Waals surface area contributed by atoms with Crippen LogP contribution in [0.25, 0.3) is 0 Å². The van der Waals surface area contributed by atoms with Crippen LogP contribution in [0.5, 0.6) is 17.2 Å². The van der Waals surface area contributed by atoms with Gasteiger partial charge in [0.25, 0.3) is 0 Å². The Morgan fingerprint density at radius 3 is 2.23 bits per heavy atom. The van der Waals surface area contributed by atoms with Gasteiger partial charge in [0.1, 0.15) is 29.8 Å². The predicted octanol–water partition coefficient (Wildman–Crippen LogP) is 2.03. The van der Waals surface area contributed by atoms with Crippen molar-refractivity contribution in [2.24, 2.45) is 0 Å². The van der Waals surface area contributed by atoms with Gasteiger partial charge in [-0.1, -0.05) is 12.1 Å². The molecule has 35 heavy (non-hydrogen) atoms. The highest BCUT2D eigenvalue weighted by Crippen LogP contribution is 2.33. The Kier molecular flexibility index (Phi) is 9.76. The third-order valence-electron chi connectivity index (χ3n) is 5.34. The number of nitrogens with one attached hydrogen (secondary N) is 1. The number of likely N-dealkylation sites (N-methyl/N-ethyl adjacent to an activating group) is 1. The Balaban J connectivity index is 2.46. The number of benzene rings is 2. The van der Waals surface area contributed by atoms with E-state index in [1.165, 1.54) is 38.4 Å². The van der Waals surface area contributed by atoms with Crippen LogP contribution in [0.3, 0.4) is 0 Å². The summed E-state index contributed by atoms with van der Waals surface area (Å²) in [4.78, 5) is 27.5. The average molecular weight is 508 g/mol. The number of hydrogen-bond acceptors (Lipinski definition) is 7. The van der Waals surface area contributed by atoms with Crippen LogP contribution in [0.2, 0.25) is 0 Å². The minimum Gasteiger partial charge on any atom is -0.497 e. The molecular weight excluding hydrogens is 474 g/mol. The van der Waals surface area contributed by atoms with E-state index in [0.717, 1.165) is 16.1 Å². The highest BCUT2D eigenvalue weighted by molar-refractivity contribution is 7.92. The number of rotatable bonds is 12. The fourth-order valence-corrected chi connectivity index (χ4v) is 4.31. The smallest absolute Gasteiger partial charge is 0.244 e. The molecule has 11 heteroatoms. The lowest BCUT2D eigenvalue weighted by atomic mass is 10.1. The fourth-order valence-electron chi connectivity index (χ4n) is 3.46. The van der Waals surface area contributed by atoms with E-state index in [1.807, 2.05) is 0 Å². The molecule has 192 valence electrons. The second-order valence-corrected chi connectivity index (χ2v) is 9.66. The third-order valence-corrected chi connectivity index (χ3v) is 6.47. The summed E-state index contributed by atoms with van der Waals surface area (Å²) in [7, 11) is 0.513. The standard InChI is InChI=1S/C24H33N3O7S/c1-7-25-24(29)17(2)26(15-18-9-8-10-19(13-18)32-3)23(28)16-27(35(6,30)31)21-12-11-20(33-4)14-22(21)34-5/h8-14,17H,7,15-16H2,1-6H3,(H,25,29)/t17-/m1/s1. The minimum atomic E-state index is -3.89. The summed E-state index contributed by atoms with van der Waals surface area (Å²) < 4.78 is 42.2. The van der Waals surface area contributed by atoms with Gasteiger partial charge in [0, 0.05) is 19.2 Å². The van der Waals surface area contributed by atoms with Crippen molar-refractivity contribution in [3.05, 3.63) is 48.0 Å². The summed E-state index contributed by atoms with van der Waals surface area (Å²) in [5, 5.41) is 2.71. The number of nitrogens with zero attached hydrogens (tertiary/aromatic N) is 2. The first-order chi connectivity index (χ1) is 16.5. The van der Waals surface area contributed by atoms with Crippen LogP contribution in [0.1, 0.15) is 19.4 Å². The van der Waals surface area contributed by atoms with Gasteiger partial charge in [-0.15, -0.1) is 0 Å². The molecule has 2 rings (SSSR count). The van der Waals surface area contributed by atoms with Crippen LogP contribution < -0.4 is 23.8 Å². The van der Waals surface area contributed by atoms with E-state index < -0.39 is 28.5 Å². The zero-order chi connectivity index (χ0) is 26.2. The maximum absolute atomic E-state index is 13.5. The van der Waals surface area contributed by atoms with Crippen LogP contribution >= 0.6 is 0 Å². The Morgan fingerprint density at radius 2 is 1.66 bits per heavy atom. The van der Waals surface area contributed by atoms with Crippen LogP contribution in [0, 0.1) is 0 Å². The molecular formula is C24H33N3O7S. The number of carbonyl (C=O) groups is 2. The molecule has 0 aromatic heterocycles. The van der Waals surface area contributed by atoms with Gasteiger partial charge in [-0.2, -0.15) is 0 Å². The zero-order valence-corrected chi connectivity index (χ0v) is 21.7. The molecule has 0 spiro atoms. The number of sulfonamides is 1. The van der Waals surface area contributed by atoms with E-state index in [-0.39, 0.29) is 23.9 Å². The Hall–Kier alpha value is -3.47. The van der Waals surface area contributed by atoms with E-state index in [4.69, 9.17) is 14.2 Å². The molecule has 0 saturated heterocycles. The molecule has 0 aliphatic carbocycles. The molecule has 0 fully saturated rings. The van der Waals surface area contributed by atoms with Crippen LogP contribution in [0.4, 0.5) is 5.69 Å². The second kappa shape index (κ2) is 12.3. The summed E-state index contributed by atoms with van der Waals surface area (Å²) >= 11 is 0. The van der Waals surface area contributed by atoms with E-state index in [2.05, 4.69) is 5.32 Å². The molecule has 1 atom stereocenters. The van der Waals surface area contributed by atoms with Crippen LogP contribution in [-0.2, 0) is 26.2 Å². The second-order valence-electron chi connectivity index (χ2n) is 7.75. The molecule has 2 aromatic carbocycles. The minimum absolute atomic E-state index is 0.0751. The summed E-state index contributed by atoms with van der Waals surface area (Å²) in [5.41, 5.74) is 0.901. The van der Waals surface area contributed by atoms with Gasteiger partial charge in [-0.3, -0.25) is 13.9 Å². The quantitative estimate of drug-likeness (QED) is 0.468. The van der Waals surface area contributed by atoms with Gasteiger partial charge in [0.2, 0.25) is 21.8 Å². The average Bonchev–Trinajstić information content (AvgIpc) is 2.84. The van der Waals surface area contributed by atoms with E-state index >= 15 is 0 Å². The molecule has 1 N–H and O–H groups in total. The van der Waals surface area contributed by atoms with Gasteiger partial charge in [0.05, 0.1) is 33.3 Å². The maximum atomic E-state index is 13.5. The summed E-state index contributed by atoms with van der Waals surface area (Å²) in [6.07, 6.45) is 1.00. The summed E-state index contributed by atoms with van der Waals surface area (Å²) in [6.45, 7) is 3.31. The molecule has 10 nitrogen and oxygen atoms in total. The fraction of sp³-hybridized carbons (Fsp3) is 0.417. The van der Waals surface area contributed by atoms with Crippen molar-refractivity contribution in [1.29, 1.82) is 0 Å². The van der Waals surface area contributed by atoms with Gasteiger partial charge in [-0.05, 0) is 43.7 Å². The first kappa shape index (κ1) is 27.8. The first-order valence-corrected chi connectivity index (χ1v) is 12.8. The van der Waals surface area contributed by atoms with Crippen LogP contribution in [0.15, 0.2) is 42.5 Å². The molecule has 0 bridgehead atoms. The zero-order valence-electron chi connectivity index (χ0n) is 20.9. The molecule has 0 radical (unpaired) electrons. The van der Waals surface area contributed by atoms with Crippen molar-refractivity contribution < 1.29 is 32.2 Å². The van der Waals surface area contributed by atoms with Crippen molar-refractivity contribution in [3.63, 3.8) is 0 Å². The summed E-state index contributed by atoms with van der Waals surface area (Å²) in [5.74, 6) is 0.376. The van der Waals surface area contributed by atoms with Gasteiger partial charge in [-0.25, -0.2) is 8.42 Å². The predicted molar refractivity (Wildman–Crippen MR) is 133 cm³/mol. The van der Waals surface area contributed by atoms with Crippen molar-refractivity contribution in [3.8, 4) is 17.2 Å². The maximum Gasteiger partial charge on any atom is 0.244 e. The molecule has 0 aliphatic rings. The van der Waals surface area contributed by atoms with Crippen molar-refractivity contribution in [1.82, 2.24) is 10.2 Å². The highest BCUT2D eigenvalue weighted by atomic mass is 32.2. The molecule has 0 unspecified atom stereocenters. The lowest BCUT2D eigenvalue weighted by Crippen LogP contribution is -2.51.